The number of nitrogens with zero attached hydrogens (tertiary/aromatic N) is 4. The average molecular weight is 232 g/mol. The van der Waals surface area contributed by atoms with Gasteiger partial charge in [-0.05, 0) is 12.1 Å². The van der Waals surface area contributed by atoms with Gasteiger partial charge in [0.2, 0.25) is 0 Å². The molecule has 3 rings (SSSR count). The van der Waals surface area contributed by atoms with E-state index >= 15 is 0 Å². The third-order valence-corrected chi connectivity index (χ3v) is 1.86. The van der Waals surface area contributed by atoms with Crippen LogP contribution < -0.4 is 0 Å². The van der Waals surface area contributed by atoms with E-state index in [1.165, 1.54) is 0 Å². The fourth-order valence-electron chi connectivity index (χ4n) is 1.09. The third-order valence-electron chi connectivity index (χ3n) is 1.86. The Hall–Kier alpha value is -2.77. The van der Waals surface area contributed by atoms with Crippen LogP contribution >= 0.6 is 0 Å². The molecule has 86 valence electrons. The number of para-hydroxylation sites is 2. The van der Waals surface area contributed by atoms with Crippen LogP contribution in [0.5, 0.6) is 0 Å². The fraction of sp³-hybridized carbons (Fsp3) is 0. The Kier molecular flexibility index (Phi) is 3.05. The Balaban J connectivity index is 0.000000128. The number of carboxylic acids is 1. The first-order valence-electron chi connectivity index (χ1n) is 4.62. The molecular formula is C9H8N6O2. The second-order valence-corrected chi connectivity index (χ2v) is 2.97. The molecule has 1 aromatic carbocycles. The first kappa shape index (κ1) is 10.7. The Labute approximate surface area is 94.7 Å². The lowest BCUT2D eigenvalue weighted by Crippen LogP contribution is -1.95. The van der Waals surface area contributed by atoms with Crippen LogP contribution in [0.15, 0.2) is 30.5 Å². The van der Waals surface area contributed by atoms with E-state index in [0.29, 0.717) is 0 Å². The summed E-state index contributed by atoms with van der Waals surface area (Å²) in [6, 6.07) is 7.70. The van der Waals surface area contributed by atoms with Crippen molar-refractivity contribution < 1.29 is 9.90 Å². The molecule has 17 heavy (non-hydrogen) atoms. The highest BCUT2D eigenvalue weighted by atomic mass is 16.4. The lowest BCUT2D eigenvalue weighted by molar-refractivity contribution is 0.0690. The summed E-state index contributed by atoms with van der Waals surface area (Å²) in [6.07, 6.45) is 1.14. The van der Waals surface area contributed by atoms with Crippen LogP contribution in [-0.4, -0.2) is 41.9 Å². The van der Waals surface area contributed by atoms with Crippen LogP contribution in [0.4, 0.5) is 0 Å². The van der Waals surface area contributed by atoms with Crippen molar-refractivity contribution in [3.63, 3.8) is 0 Å². The summed E-state index contributed by atoms with van der Waals surface area (Å²) in [7, 11) is 0. The molecule has 0 unspecified atom stereocenters. The van der Waals surface area contributed by atoms with E-state index in [1.54, 1.807) is 0 Å². The van der Waals surface area contributed by atoms with E-state index in [-0.39, 0.29) is 5.69 Å². The van der Waals surface area contributed by atoms with Crippen molar-refractivity contribution in [2.24, 2.45) is 0 Å². The average Bonchev–Trinajstić information content (AvgIpc) is 3.01. The number of carbonyl (C=O) groups is 1. The Morgan fingerprint density at radius 1 is 1.06 bits per heavy atom. The minimum absolute atomic E-state index is 0.0648. The van der Waals surface area contributed by atoms with Crippen LogP contribution in [0, 0.1) is 0 Å². The summed E-state index contributed by atoms with van der Waals surface area (Å²) < 4.78 is 0. The van der Waals surface area contributed by atoms with Gasteiger partial charge in [0, 0.05) is 0 Å². The van der Waals surface area contributed by atoms with Gasteiger partial charge in [0.15, 0.2) is 5.69 Å². The molecule has 0 bridgehead atoms. The Morgan fingerprint density at radius 3 is 2.12 bits per heavy atom. The molecular weight excluding hydrogens is 224 g/mol. The fourth-order valence-corrected chi connectivity index (χ4v) is 1.09. The van der Waals surface area contributed by atoms with Crippen molar-refractivity contribution in [2.45, 2.75) is 0 Å². The number of benzene rings is 1. The number of hydrogen-bond acceptors (Lipinski definition) is 5. The van der Waals surface area contributed by atoms with Gasteiger partial charge in [-0.15, -0.1) is 5.10 Å². The van der Waals surface area contributed by atoms with Gasteiger partial charge in [-0.2, -0.15) is 25.7 Å². The van der Waals surface area contributed by atoms with E-state index in [4.69, 9.17) is 5.11 Å². The predicted octanol–water partition coefficient (Wildman–Crippen LogP) is 0.461. The molecule has 0 saturated carbocycles. The van der Waals surface area contributed by atoms with E-state index in [0.717, 1.165) is 17.2 Å². The van der Waals surface area contributed by atoms with E-state index in [9.17, 15) is 4.79 Å². The molecule has 2 heterocycles. The molecule has 3 aromatic rings. The first-order chi connectivity index (χ1) is 8.27. The lowest BCUT2D eigenvalue weighted by Gasteiger charge is -1.78. The van der Waals surface area contributed by atoms with Crippen molar-refractivity contribution in [3.05, 3.63) is 36.2 Å². The molecule has 0 spiro atoms. The van der Waals surface area contributed by atoms with Crippen molar-refractivity contribution in [3.8, 4) is 0 Å². The first-order valence-corrected chi connectivity index (χ1v) is 4.62. The van der Waals surface area contributed by atoms with Gasteiger partial charge in [-0.3, -0.25) is 0 Å². The molecule has 0 saturated heterocycles. The number of nitrogens with one attached hydrogen (secondary N) is 2. The second kappa shape index (κ2) is 4.84. The maximum absolute atomic E-state index is 9.94. The van der Waals surface area contributed by atoms with Crippen molar-refractivity contribution in [1.29, 1.82) is 0 Å². The van der Waals surface area contributed by atoms with Crippen LogP contribution in [0.25, 0.3) is 11.0 Å². The maximum Gasteiger partial charge on any atom is 0.358 e. The number of carboxylic acid groups (broad SMARTS) is 1. The van der Waals surface area contributed by atoms with Gasteiger partial charge in [-0.25, -0.2) is 4.79 Å². The van der Waals surface area contributed by atoms with Crippen LogP contribution in [0.1, 0.15) is 10.5 Å². The summed E-state index contributed by atoms with van der Waals surface area (Å²) >= 11 is 0. The zero-order valence-corrected chi connectivity index (χ0v) is 8.53. The normalized spacial score (nSPS) is 9.65. The van der Waals surface area contributed by atoms with Gasteiger partial charge in [-0.1, -0.05) is 12.1 Å². The van der Waals surface area contributed by atoms with Crippen LogP contribution in [0.2, 0.25) is 0 Å². The molecule has 0 atom stereocenters. The smallest absolute Gasteiger partial charge is 0.358 e. The van der Waals surface area contributed by atoms with Crippen LogP contribution in [-0.2, 0) is 0 Å². The van der Waals surface area contributed by atoms with Gasteiger partial charge in [0.1, 0.15) is 11.0 Å². The van der Waals surface area contributed by atoms with E-state index in [2.05, 4.69) is 30.8 Å². The van der Waals surface area contributed by atoms with E-state index in [1.807, 2.05) is 24.3 Å². The number of aromatic nitrogens is 6. The molecule has 0 amide bonds. The Bertz CT molecular complexity index is 573. The van der Waals surface area contributed by atoms with E-state index < -0.39 is 5.97 Å². The zero-order chi connectivity index (χ0) is 12.1. The highest BCUT2D eigenvalue weighted by molar-refractivity contribution is 5.84. The van der Waals surface area contributed by atoms with Crippen LogP contribution in [0.3, 0.4) is 0 Å². The van der Waals surface area contributed by atoms with Gasteiger partial charge < -0.3 is 5.11 Å². The lowest BCUT2D eigenvalue weighted by atomic mass is 10.3. The van der Waals surface area contributed by atoms with Crippen molar-refractivity contribution in [1.82, 2.24) is 30.8 Å². The van der Waals surface area contributed by atoms with Gasteiger partial charge in [0.05, 0.1) is 6.20 Å². The summed E-state index contributed by atoms with van der Waals surface area (Å²) in [6.45, 7) is 0. The number of aromatic amines is 2. The molecule has 0 aliphatic carbocycles. The monoisotopic (exact) mass is 232 g/mol. The third kappa shape index (κ3) is 2.62. The highest BCUT2D eigenvalue weighted by Gasteiger charge is 2.02. The molecule has 8 nitrogen and oxygen atoms in total. The minimum atomic E-state index is -1.07. The molecule has 0 radical (unpaired) electrons. The van der Waals surface area contributed by atoms with Crippen molar-refractivity contribution >= 4 is 17.0 Å². The number of aromatic carboxylic acids is 1. The number of hydrogen-bond donors (Lipinski definition) is 3. The minimum Gasteiger partial charge on any atom is -0.476 e. The zero-order valence-electron chi connectivity index (χ0n) is 8.53. The largest absolute Gasteiger partial charge is 0.476 e. The van der Waals surface area contributed by atoms with Gasteiger partial charge >= 0.3 is 5.97 Å². The SMILES string of the molecule is O=C(O)c1cn[nH]n1.c1ccc2n[nH]nc2c1. The topological polar surface area (TPSA) is 120 Å². The van der Waals surface area contributed by atoms with Crippen molar-refractivity contribution in [2.75, 3.05) is 0 Å². The molecule has 3 N–H and O–H groups in total. The highest BCUT2D eigenvalue weighted by Crippen LogP contribution is 2.03. The number of H-pyrrole nitrogens is 2. The predicted molar refractivity (Wildman–Crippen MR) is 57.2 cm³/mol. The maximum atomic E-state index is 9.94. The second-order valence-electron chi connectivity index (χ2n) is 2.97. The standard InChI is InChI=1S/C6H5N3.C3H3N3O2/c1-2-4-6-5(3-1)7-9-8-6;7-3(8)2-1-4-6-5-2/h1-4H,(H,7,8,9);1H,(H,7,8)(H,4,5,6). The van der Waals surface area contributed by atoms with Gasteiger partial charge in [0.25, 0.3) is 0 Å². The molecule has 0 fully saturated rings. The summed E-state index contributed by atoms with van der Waals surface area (Å²) in [5.41, 5.74) is 1.76. The molecule has 0 aliphatic heterocycles. The quantitative estimate of drug-likeness (QED) is 0.560. The molecule has 2 aromatic heterocycles. The summed E-state index contributed by atoms with van der Waals surface area (Å²) in [4.78, 5) is 9.94. The summed E-state index contributed by atoms with van der Waals surface area (Å²) in [5, 5.41) is 27.2. The Morgan fingerprint density at radius 2 is 1.71 bits per heavy atom. The number of fused-ring (bicyclic) bond motifs is 1. The molecule has 8 heteroatoms. The molecule has 0 aliphatic rings. The number of rotatable bonds is 1. The summed E-state index contributed by atoms with van der Waals surface area (Å²) in [5.74, 6) is -1.07.